The summed E-state index contributed by atoms with van der Waals surface area (Å²) in [6.07, 6.45) is 5.20. The Balaban J connectivity index is 1.82. The normalized spacial score (nSPS) is 10.4. The SMILES string of the molecule is O=C(Cc1ccnc(-c2ccco2)c1)c1ccccn1. The van der Waals surface area contributed by atoms with Crippen LogP contribution < -0.4 is 0 Å². The van der Waals surface area contributed by atoms with Gasteiger partial charge in [-0.15, -0.1) is 0 Å². The van der Waals surface area contributed by atoms with E-state index in [-0.39, 0.29) is 5.78 Å². The zero-order valence-corrected chi connectivity index (χ0v) is 10.7. The summed E-state index contributed by atoms with van der Waals surface area (Å²) < 4.78 is 5.30. The predicted octanol–water partition coefficient (Wildman–Crippen LogP) is 3.16. The molecule has 3 heterocycles. The van der Waals surface area contributed by atoms with Gasteiger partial charge in [0, 0.05) is 18.8 Å². The number of carbonyl (C=O) groups excluding carboxylic acids is 1. The van der Waals surface area contributed by atoms with Crippen molar-refractivity contribution in [2.75, 3.05) is 0 Å². The molecule has 4 nitrogen and oxygen atoms in total. The van der Waals surface area contributed by atoms with Gasteiger partial charge in [0.25, 0.3) is 0 Å². The second-order valence-corrected chi connectivity index (χ2v) is 4.34. The van der Waals surface area contributed by atoms with Gasteiger partial charge in [-0.2, -0.15) is 0 Å². The number of hydrogen-bond acceptors (Lipinski definition) is 4. The Morgan fingerprint density at radius 1 is 1.05 bits per heavy atom. The first-order valence-electron chi connectivity index (χ1n) is 6.26. The Hall–Kier alpha value is -2.75. The maximum absolute atomic E-state index is 12.1. The first-order valence-corrected chi connectivity index (χ1v) is 6.26. The van der Waals surface area contributed by atoms with Gasteiger partial charge in [-0.1, -0.05) is 6.07 Å². The average molecular weight is 264 g/mol. The standard InChI is InChI=1S/C16H12N2O2/c19-15(13-4-1-2-7-17-13)11-12-6-8-18-14(10-12)16-5-3-9-20-16/h1-10H,11H2. The van der Waals surface area contributed by atoms with Crippen LogP contribution in [0.4, 0.5) is 0 Å². The Kier molecular flexibility index (Phi) is 3.37. The van der Waals surface area contributed by atoms with E-state index in [0.717, 1.165) is 11.3 Å². The number of ketones is 1. The summed E-state index contributed by atoms with van der Waals surface area (Å²) in [4.78, 5) is 20.4. The third-order valence-corrected chi connectivity index (χ3v) is 2.91. The van der Waals surface area contributed by atoms with Crippen LogP contribution in [-0.4, -0.2) is 15.8 Å². The van der Waals surface area contributed by atoms with E-state index in [0.29, 0.717) is 17.9 Å². The molecule has 0 spiro atoms. The molecule has 0 saturated heterocycles. The number of hydrogen-bond donors (Lipinski definition) is 0. The molecule has 0 unspecified atom stereocenters. The number of carbonyl (C=O) groups is 1. The first-order chi connectivity index (χ1) is 9.83. The Morgan fingerprint density at radius 3 is 2.75 bits per heavy atom. The highest BCUT2D eigenvalue weighted by atomic mass is 16.3. The lowest BCUT2D eigenvalue weighted by molar-refractivity contribution is 0.0988. The fraction of sp³-hybridized carbons (Fsp3) is 0.0625. The molecular weight excluding hydrogens is 252 g/mol. The molecule has 0 atom stereocenters. The van der Waals surface area contributed by atoms with E-state index in [2.05, 4.69) is 9.97 Å². The summed E-state index contributed by atoms with van der Waals surface area (Å²) in [5, 5.41) is 0. The van der Waals surface area contributed by atoms with Crippen LogP contribution in [0, 0.1) is 0 Å². The number of furan rings is 1. The van der Waals surface area contributed by atoms with E-state index in [4.69, 9.17) is 4.42 Å². The zero-order valence-electron chi connectivity index (χ0n) is 10.7. The Bertz CT molecular complexity index is 706. The van der Waals surface area contributed by atoms with Crippen molar-refractivity contribution in [3.63, 3.8) is 0 Å². The second kappa shape index (κ2) is 5.48. The smallest absolute Gasteiger partial charge is 0.185 e. The molecule has 0 aliphatic rings. The average Bonchev–Trinajstić information content (AvgIpc) is 3.03. The largest absolute Gasteiger partial charge is 0.463 e. The number of aromatic nitrogens is 2. The van der Waals surface area contributed by atoms with Crippen molar-refractivity contribution in [3.05, 3.63) is 72.4 Å². The van der Waals surface area contributed by atoms with Crippen LogP contribution in [0.25, 0.3) is 11.5 Å². The molecule has 0 aromatic carbocycles. The zero-order chi connectivity index (χ0) is 13.8. The highest BCUT2D eigenvalue weighted by Gasteiger charge is 2.09. The van der Waals surface area contributed by atoms with Gasteiger partial charge in [-0.3, -0.25) is 14.8 Å². The monoisotopic (exact) mass is 264 g/mol. The lowest BCUT2D eigenvalue weighted by Crippen LogP contribution is -2.05. The molecule has 0 aliphatic carbocycles. The molecule has 20 heavy (non-hydrogen) atoms. The number of rotatable bonds is 4. The maximum atomic E-state index is 12.1. The summed E-state index contributed by atoms with van der Waals surface area (Å²) in [6, 6.07) is 12.7. The minimum absolute atomic E-state index is 0.0119. The minimum atomic E-state index is -0.0119. The minimum Gasteiger partial charge on any atom is -0.463 e. The van der Waals surface area contributed by atoms with Gasteiger partial charge in [0.1, 0.15) is 11.4 Å². The van der Waals surface area contributed by atoms with Crippen molar-refractivity contribution in [2.24, 2.45) is 0 Å². The summed E-state index contributed by atoms with van der Waals surface area (Å²) in [7, 11) is 0. The van der Waals surface area contributed by atoms with Gasteiger partial charge >= 0.3 is 0 Å². The van der Waals surface area contributed by atoms with Crippen molar-refractivity contribution in [1.82, 2.24) is 9.97 Å². The predicted molar refractivity (Wildman–Crippen MR) is 74.2 cm³/mol. The van der Waals surface area contributed by atoms with Crippen LogP contribution in [0.1, 0.15) is 16.1 Å². The fourth-order valence-corrected chi connectivity index (χ4v) is 1.95. The summed E-state index contributed by atoms with van der Waals surface area (Å²) in [5.74, 6) is 0.680. The molecule has 0 N–H and O–H groups in total. The summed E-state index contributed by atoms with van der Waals surface area (Å²) in [5.41, 5.74) is 2.09. The van der Waals surface area contributed by atoms with Crippen LogP contribution >= 0.6 is 0 Å². The fourth-order valence-electron chi connectivity index (χ4n) is 1.95. The molecule has 4 heteroatoms. The van der Waals surface area contributed by atoms with Gasteiger partial charge in [0.2, 0.25) is 0 Å². The Labute approximate surface area is 116 Å². The molecule has 0 fully saturated rings. The van der Waals surface area contributed by atoms with Gasteiger partial charge in [0.15, 0.2) is 11.5 Å². The van der Waals surface area contributed by atoms with Gasteiger partial charge in [0.05, 0.1) is 6.26 Å². The van der Waals surface area contributed by atoms with Crippen molar-refractivity contribution < 1.29 is 9.21 Å². The number of Topliss-reactive ketones (excluding diaryl/α,β-unsaturated/α-hetero) is 1. The molecule has 3 rings (SSSR count). The molecule has 0 amide bonds. The quantitative estimate of drug-likeness (QED) is 0.679. The third-order valence-electron chi connectivity index (χ3n) is 2.91. The van der Waals surface area contributed by atoms with E-state index >= 15 is 0 Å². The Morgan fingerprint density at radius 2 is 2.00 bits per heavy atom. The van der Waals surface area contributed by atoms with E-state index in [9.17, 15) is 4.79 Å². The van der Waals surface area contributed by atoms with Crippen LogP contribution in [0.15, 0.2) is 65.5 Å². The van der Waals surface area contributed by atoms with Crippen LogP contribution in [-0.2, 0) is 6.42 Å². The van der Waals surface area contributed by atoms with E-state index in [1.54, 1.807) is 36.9 Å². The van der Waals surface area contributed by atoms with E-state index in [1.807, 2.05) is 24.3 Å². The molecular formula is C16H12N2O2. The highest BCUT2D eigenvalue weighted by Crippen LogP contribution is 2.18. The molecule has 0 aliphatic heterocycles. The van der Waals surface area contributed by atoms with Crippen molar-refractivity contribution >= 4 is 5.78 Å². The third kappa shape index (κ3) is 2.64. The molecule has 98 valence electrons. The van der Waals surface area contributed by atoms with Crippen LogP contribution in [0.2, 0.25) is 0 Å². The summed E-state index contributed by atoms with van der Waals surface area (Å²) >= 11 is 0. The van der Waals surface area contributed by atoms with Crippen molar-refractivity contribution in [3.8, 4) is 11.5 Å². The van der Waals surface area contributed by atoms with Crippen LogP contribution in [0.5, 0.6) is 0 Å². The van der Waals surface area contributed by atoms with Gasteiger partial charge < -0.3 is 4.42 Å². The molecule has 3 aromatic heterocycles. The molecule has 3 aromatic rings. The number of nitrogens with zero attached hydrogens (tertiary/aromatic N) is 2. The second-order valence-electron chi connectivity index (χ2n) is 4.34. The first kappa shape index (κ1) is 12.3. The topological polar surface area (TPSA) is 56.0 Å². The van der Waals surface area contributed by atoms with Gasteiger partial charge in [-0.05, 0) is 42.0 Å². The van der Waals surface area contributed by atoms with Gasteiger partial charge in [-0.25, -0.2) is 0 Å². The van der Waals surface area contributed by atoms with E-state index in [1.165, 1.54) is 0 Å². The lowest BCUT2D eigenvalue weighted by Gasteiger charge is -2.02. The summed E-state index contributed by atoms with van der Waals surface area (Å²) in [6.45, 7) is 0. The molecule has 0 radical (unpaired) electrons. The lowest BCUT2D eigenvalue weighted by atomic mass is 10.1. The number of pyridine rings is 2. The highest BCUT2D eigenvalue weighted by molar-refractivity contribution is 5.95. The van der Waals surface area contributed by atoms with E-state index < -0.39 is 0 Å². The van der Waals surface area contributed by atoms with Crippen molar-refractivity contribution in [2.45, 2.75) is 6.42 Å². The van der Waals surface area contributed by atoms with Crippen molar-refractivity contribution in [1.29, 1.82) is 0 Å². The maximum Gasteiger partial charge on any atom is 0.185 e. The molecule has 0 saturated carbocycles. The van der Waals surface area contributed by atoms with Crippen LogP contribution in [0.3, 0.4) is 0 Å². The molecule has 0 bridgehead atoms.